The highest BCUT2D eigenvalue weighted by atomic mass is 35.5. The summed E-state index contributed by atoms with van der Waals surface area (Å²) in [5.41, 5.74) is 4.67. The van der Waals surface area contributed by atoms with Gasteiger partial charge < -0.3 is 9.32 Å². The first-order chi connectivity index (χ1) is 13.1. The molecular formula is C23H19ClN2O. The Morgan fingerprint density at radius 1 is 0.778 bits per heavy atom. The van der Waals surface area contributed by atoms with Gasteiger partial charge in [-0.1, -0.05) is 54.1 Å². The first-order valence-electron chi connectivity index (χ1n) is 8.72. The van der Waals surface area contributed by atoms with Crippen LogP contribution in [0.2, 0.25) is 5.02 Å². The normalized spacial score (nSPS) is 10.8. The Hall–Kier alpha value is -3.04. The third kappa shape index (κ3) is 3.46. The molecule has 0 amide bonds. The van der Waals surface area contributed by atoms with Crippen molar-refractivity contribution < 1.29 is 4.42 Å². The second-order valence-corrected chi connectivity index (χ2v) is 6.89. The number of nitrogens with zero attached hydrogens (tertiary/aromatic N) is 2. The van der Waals surface area contributed by atoms with Gasteiger partial charge in [0.25, 0.3) is 0 Å². The molecule has 0 spiro atoms. The van der Waals surface area contributed by atoms with Crippen LogP contribution in [0, 0.1) is 0 Å². The van der Waals surface area contributed by atoms with Crippen molar-refractivity contribution in [1.29, 1.82) is 0 Å². The fraction of sp³-hybridized carbons (Fsp3) is 0.0870. The summed E-state index contributed by atoms with van der Waals surface area (Å²) in [5, 5.41) is 0.638. The molecular weight excluding hydrogens is 356 g/mol. The Morgan fingerprint density at radius 2 is 1.44 bits per heavy atom. The van der Waals surface area contributed by atoms with E-state index in [2.05, 4.69) is 29.2 Å². The average Bonchev–Trinajstić information content (AvgIpc) is 3.14. The molecule has 0 saturated heterocycles. The van der Waals surface area contributed by atoms with Gasteiger partial charge in [0.1, 0.15) is 5.69 Å². The lowest BCUT2D eigenvalue weighted by Gasteiger charge is -2.12. The highest BCUT2D eigenvalue weighted by Gasteiger charge is 2.19. The van der Waals surface area contributed by atoms with E-state index in [9.17, 15) is 0 Å². The molecule has 0 aliphatic carbocycles. The zero-order chi connectivity index (χ0) is 18.8. The summed E-state index contributed by atoms with van der Waals surface area (Å²) in [5.74, 6) is 1.26. The van der Waals surface area contributed by atoms with Crippen LogP contribution in [-0.2, 0) is 0 Å². The Balaban J connectivity index is 1.89. The number of oxazole rings is 1. The molecule has 3 nitrogen and oxygen atoms in total. The summed E-state index contributed by atoms with van der Waals surface area (Å²) in [4.78, 5) is 6.87. The minimum Gasteiger partial charge on any atom is -0.435 e. The van der Waals surface area contributed by atoms with Gasteiger partial charge in [-0.15, -0.1) is 0 Å². The Labute approximate surface area is 163 Å². The molecule has 0 unspecified atom stereocenters. The van der Waals surface area contributed by atoms with Gasteiger partial charge in [0.15, 0.2) is 5.76 Å². The molecule has 0 bridgehead atoms. The standard InChI is InChI=1S/C23H19ClN2O/c1-26(2)18-14-12-16(13-15-18)21-22(19-10-6-7-11-20(19)24)27-23(25-21)17-8-4-3-5-9-17/h3-15H,1-2H3. The molecule has 0 aliphatic heterocycles. The summed E-state index contributed by atoms with van der Waals surface area (Å²) >= 11 is 6.45. The fourth-order valence-electron chi connectivity index (χ4n) is 2.97. The lowest BCUT2D eigenvalue weighted by atomic mass is 10.1. The summed E-state index contributed by atoms with van der Waals surface area (Å²) in [6, 6.07) is 25.8. The van der Waals surface area contributed by atoms with Crippen LogP contribution in [0.5, 0.6) is 0 Å². The Bertz CT molecular complexity index is 1050. The van der Waals surface area contributed by atoms with Crippen molar-refractivity contribution in [1.82, 2.24) is 4.98 Å². The van der Waals surface area contributed by atoms with Crippen LogP contribution in [0.1, 0.15) is 0 Å². The Kier molecular flexibility index (Phi) is 4.69. The number of hydrogen-bond donors (Lipinski definition) is 0. The van der Waals surface area contributed by atoms with Gasteiger partial charge in [-0.05, 0) is 36.4 Å². The van der Waals surface area contributed by atoms with E-state index in [-0.39, 0.29) is 0 Å². The predicted octanol–water partition coefficient (Wildman–Crippen LogP) is 6.40. The number of hydrogen-bond acceptors (Lipinski definition) is 3. The van der Waals surface area contributed by atoms with E-state index >= 15 is 0 Å². The van der Waals surface area contributed by atoms with E-state index in [1.165, 1.54) is 0 Å². The van der Waals surface area contributed by atoms with Crippen molar-refractivity contribution >= 4 is 17.3 Å². The van der Waals surface area contributed by atoms with Gasteiger partial charge in [-0.2, -0.15) is 0 Å². The summed E-state index contributed by atoms with van der Waals surface area (Å²) < 4.78 is 6.19. The summed E-state index contributed by atoms with van der Waals surface area (Å²) in [6.45, 7) is 0. The van der Waals surface area contributed by atoms with Crippen LogP contribution >= 0.6 is 11.6 Å². The largest absolute Gasteiger partial charge is 0.435 e. The molecule has 0 saturated carbocycles. The number of anilines is 1. The van der Waals surface area contributed by atoms with Crippen LogP contribution in [0.3, 0.4) is 0 Å². The first kappa shape index (κ1) is 17.4. The number of benzene rings is 3. The smallest absolute Gasteiger partial charge is 0.227 e. The molecule has 0 atom stereocenters. The maximum atomic E-state index is 6.45. The maximum Gasteiger partial charge on any atom is 0.227 e. The van der Waals surface area contributed by atoms with E-state index in [1.54, 1.807) is 0 Å². The SMILES string of the molecule is CN(C)c1ccc(-c2nc(-c3ccccc3)oc2-c2ccccc2Cl)cc1. The minimum atomic E-state index is 0.581. The minimum absolute atomic E-state index is 0.581. The third-order valence-electron chi connectivity index (χ3n) is 4.42. The lowest BCUT2D eigenvalue weighted by Crippen LogP contribution is -2.07. The molecule has 4 rings (SSSR count). The van der Waals surface area contributed by atoms with Gasteiger partial charge in [0.2, 0.25) is 5.89 Å². The fourth-order valence-corrected chi connectivity index (χ4v) is 3.19. The molecule has 4 heteroatoms. The highest BCUT2D eigenvalue weighted by molar-refractivity contribution is 6.33. The first-order valence-corrected chi connectivity index (χ1v) is 9.10. The molecule has 4 aromatic rings. The van der Waals surface area contributed by atoms with E-state index < -0.39 is 0 Å². The van der Waals surface area contributed by atoms with Crippen LogP contribution in [0.15, 0.2) is 83.3 Å². The van der Waals surface area contributed by atoms with Crippen molar-refractivity contribution in [2.75, 3.05) is 19.0 Å². The molecule has 3 aromatic carbocycles. The van der Waals surface area contributed by atoms with Gasteiger partial charge in [0.05, 0.1) is 5.02 Å². The zero-order valence-electron chi connectivity index (χ0n) is 15.2. The lowest BCUT2D eigenvalue weighted by molar-refractivity contribution is 0.589. The molecule has 1 aromatic heterocycles. The van der Waals surface area contributed by atoms with Gasteiger partial charge in [-0.25, -0.2) is 4.98 Å². The van der Waals surface area contributed by atoms with Gasteiger partial charge >= 0.3 is 0 Å². The van der Waals surface area contributed by atoms with Crippen molar-refractivity contribution in [3.63, 3.8) is 0 Å². The van der Waals surface area contributed by atoms with Gasteiger partial charge in [0, 0.05) is 36.5 Å². The molecule has 0 aliphatic rings. The number of halogens is 1. The maximum absolute atomic E-state index is 6.45. The third-order valence-corrected chi connectivity index (χ3v) is 4.75. The van der Waals surface area contributed by atoms with Crippen molar-refractivity contribution in [2.24, 2.45) is 0 Å². The van der Waals surface area contributed by atoms with E-state index in [0.717, 1.165) is 28.1 Å². The second-order valence-electron chi connectivity index (χ2n) is 6.48. The van der Waals surface area contributed by atoms with E-state index in [1.807, 2.05) is 68.7 Å². The van der Waals surface area contributed by atoms with Crippen molar-refractivity contribution in [2.45, 2.75) is 0 Å². The molecule has 0 N–H and O–H groups in total. The van der Waals surface area contributed by atoms with Crippen molar-refractivity contribution in [3.8, 4) is 34.0 Å². The second kappa shape index (κ2) is 7.29. The predicted molar refractivity (Wildman–Crippen MR) is 112 cm³/mol. The Morgan fingerprint density at radius 3 is 2.11 bits per heavy atom. The van der Waals surface area contributed by atoms with Crippen LogP contribution in [-0.4, -0.2) is 19.1 Å². The molecule has 0 radical (unpaired) electrons. The number of rotatable bonds is 4. The molecule has 27 heavy (non-hydrogen) atoms. The van der Waals surface area contributed by atoms with Gasteiger partial charge in [-0.3, -0.25) is 0 Å². The number of aromatic nitrogens is 1. The highest BCUT2D eigenvalue weighted by Crippen LogP contribution is 2.39. The van der Waals surface area contributed by atoms with Crippen LogP contribution in [0.25, 0.3) is 34.0 Å². The van der Waals surface area contributed by atoms with E-state index in [4.69, 9.17) is 21.0 Å². The van der Waals surface area contributed by atoms with Crippen LogP contribution < -0.4 is 4.90 Å². The van der Waals surface area contributed by atoms with Crippen LogP contribution in [0.4, 0.5) is 5.69 Å². The quantitative estimate of drug-likeness (QED) is 0.414. The monoisotopic (exact) mass is 374 g/mol. The molecule has 134 valence electrons. The topological polar surface area (TPSA) is 29.3 Å². The summed E-state index contributed by atoms with van der Waals surface area (Å²) in [6.07, 6.45) is 0. The molecule has 1 heterocycles. The average molecular weight is 375 g/mol. The summed E-state index contributed by atoms with van der Waals surface area (Å²) in [7, 11) is 4.04. The van der Waals surface area contributed by atoms with Crippen molar-refractivity contribution in [3.05, 3.63) is 83.9 Å². The molecule has 0 fully saturated rings. The zero-order valence-corrected chi connectivity index (χ0v) is 15.9. The van der Waals surface area contributed by atoms with E-state index in [0.29, 0.717) is 16.7 Å².